The van der Waals surface area contributed by atoms with Crippen molar-refractivity contribution in [2.75, 3.05) is 0 Å². The molecule has 0 amide bonds. The molecule has 0 aromatic heterocycles. The molecule has 0 radical (unpaired) electrons. The number of halogens is 3. The Bertz CT molecular complexity index is 538. The van der Waals surface area contributed by atoms with Crippen LogP contribution in [0.25, 0.3) is 0 Å². The van der Waals surface area contributed by atoms with Gasteiger partial charge in [-0.05, 0) is 24.3 Å². The van der Waals surface area contributed by atoms with E-state index in [0.29, 0.717) is 15.8 Å². The number of hydrogen-bond acceptors (Lipinski definition) is 2. The summed E-state index contributed by atoms with van der Waals surface area (Å²) < 4.78 is 5.45. The van der Waals surface area contributed by atoms with E-state index in [-0.39, 0.29) is 16.5 Å². The number of phenols is 1. The summed E-state index contributed by atoms with van der Waals surface area (Å²) in [6.45, 7) is 0. The van der Waals surface area contributed by atoms with Crippen molar-refractivity contribution < 1.29 is 9.84 Å². The van der Waals surface area contributed by atoms with E-state index >= 15 is 0 Å². The lowest BCUT2D eigenvalue weighted by Gasteiger charge is -2.08. The summed E-state index contributed by atoms with van der Waals surface area (Å²) in [5.41, 5.74) is 0. The average Bonchev–Trinajstić information content (AvgIpc) is 2.29. The molecule has 0 aliphatic carbocycles. The maximum absolute atomic E-state index is 9.64. The minimum atomic E-state index is -0.0747. The number of aromatic hydroxyl groups is 1. The van der Waals surface area contributed by atoms with E-state index in [4.69, 9.17) is 39.5 Å². The molecule has 0 aliphatic rings. The molecule has 17 heavy (non-hydrogen) atoms. The van der Waals surface area contributed by atoms with Crippen LogP contribution in [0, 0.1) is 0 Å². The van der Waals surface area contributed by atoms with Gasteiger partial charge in [0, 0.05) is 17.2 Å². The van der Waals surface area contributed by atoms with Crippen LogP contribution in [-0.2, 0) is 0 Å². The van der Waals surface area contributed by atoms with E-state index in [9.17, 15) is 5.11 Å². The summed E-state index contributed by atoms with van der Waals surface area (Å²) in [4.78, 5) is 0. The van der Waals surface area contributed by atoms with Gasteiger partial charge in [0.15, 0.2) is 11.5 Å². The summed E-state index contributed by atoms with van der Waals surface area (Å²) in [5.74, 6) is 0.708. The molecule has 1 N–H and O–H groups in total. The Morgan fingerprint density at radius 1 is 0.882 bits per heavy atom. The zero-order valence-corrected chi connectivity index (χ0v) is 10.7. The molecule has 0 atom stereocenters. The zero-order chi connectivity index (χ0) is 12.4. The molecular formula is C12H7Cl3O2. The van der Waals surface area contributed by atoms with Crippen LogP contribution in [0.3, 0.4) is 0 Å². The maximum atomic E-state index is 9.64. The second-order valence-corrected chi connectivity index (χ2v) is 4.54. The average molecular weight is 290 g/mol. The van der Waals surface area contributed by atoms with Crippen molar-refractivity contribution >= 4 is 34.8 Å². The first-order valence-corrected chi connectivity index (χ1v) is 5.81. The van der Waals surface area contributed by atoms with Gasteiger partial charge < -0.3 is 9.84 Å². The summed E-state index contributed by atoms with van der Waals surface area (Å²) in [6.07, 6.45) is 0. The highest BCUT2D eigenvalue weighted by Gasteiger charge is 2.08. The standard InChI is InChI=1S/C12H7Cl3O2/c13-7-1-3-8(4-2-7)17-12-6-10(15)9(14)5-11(12)16/h1-6,16H. The molecule has 0 unspecified atom stereocenters. The monoisotopic (exact) mass is 288 g/mol. The molecule has 0 aliphatic heterocycles. The van der Waals surface area contributed by atoms with E-state index in [0.717, 1.165) is 0 Å². The summed E-state index contributed by atoms with van der Waals surface area (Å²) in [7, 11) is 0. The number of hydrogen-bond donors (Lipinski definition) is 1. The fourth-order valence-corrected chi connectivity index (χ4v) is 1.67. The summed E-state index contributed by atoms with van der Waals surface area (Å²) in [6, 6.07) is 9.52. The highest BCUT2D eigenvalue weighted by molar-refractivity contribution is 6.42. The third kappa shape index (κ3) is 2.97. The molecule has 0 saturated heterocycles. The van der Waals surface area contributed by atoms with Crippen LogP contribution in [0.1, 0.15) is 0 Å². The van der Waals surface area contributed by atoms with Crippen molar-refractivity contribution in [2.24, 2.45) is 0 Å². The van der Waals surface area contributed by atoms with Crippen molar-refractivity contribution in [1.82, 2.24) is 0 Å². The van der Waals surface area contributed by atoms with Gasteiger partial charge in [0.2, 0.25) is 0 Å². The topological polar surface area (TPSA) is 29.5 Å². The Labute approximate surface area is 113 Å². The van der Waals surface area contributed by atoms with Crippen LogP contribution >= 0.6 is 34.8 Å². The van der Waals surface area contributed by atoms with Gasteiger partial charge in [-0.3, -0.25) is 0 Å². The van der Waals surface area contributed by atoms with E-state index < -0.39 is 0 Å². The highest BCUT2D eigenvalue weighted by atomic mass is 35.5. The van der Waals surface area contributed by atoms with Gasteiger partial charge in [-0.25, -0.2) is 0 Å². The molecule has 5 heteroatoms. The first-order valence-electron chi connectivity index (χ1n) is 4.67. The largest absolute Gasteiger partial charge is 0.504 e. The molecule has 2 aromatic carbocycles. The quantitative estimate of drug-likeness (QED) is 0.829. The normalized spacial score (nSPS) is 10.3. The van der Waals surface area contributed by atoms with Gasteiger partial charge in [0.05, 0.1) is 10.0 Å². The van der Waals surface area contributed by atoms with E-state index in [2.05, 4.69) is 0 Å². The number of benzene rings is 2. The Kier molecular flexibility index (Phi) is 3.67. The fourth-order valence-electron chi connectivity index (χ4n) is 1.23. The maximum Gasteiger partial charge on any atom is 0.170 e. The molecule has 0 bridgehead atoms. The second-order valence-electron chi connectivity index (χ2n) is 3.29. The third-order valence-corrected chi connectivity index (χ3v) is 3.02. The van der Waals surface area contributed by atoms with Gasteiger partial charge >= 0.3 is 0 Å². The number of phenolic OH excluding ortho intramolecular Hbond substituents is 1. The minimum absolute atomic E-state index is 0.0747. The molecular weight excluding hydrogens is 282 g/mol. The highest BCUT2D eigenvalue weighted by Crippen LogP contribution is 2.37. The van der Waals surface area contributed by atoms with Gasteiger partial charge in [-0.15, -0.1) is 0 Å². The Balaban J connectivity index is 2.30. The SMILES string of the molecule is Oc1cc(Cl)c(Cl)cc1Oc1ccc(Cl)cc1. The summed E-state index contributed by atoms with van der Waals surface area (Å²) >= 11 is 17.3. The van der Waals surface area contributed by atoms with Crippen molar-refractivity contribution in [3.05, 3.63) is 51.5 Å². The first kappa shape index (κ1) is 12.4. The molecule has 88 valence electrons. The molecule has 2 nitrogen and oxygen atoms in total. The second kappa shape index (κ2) is 5.05. The van der Waals surface area contributed by atoms with Crippen molar-refractivity contribution in [2.45, 2.75) is 0 Å². The molecule has 0 spiro atoms. The fraction of sp³-hybridized carbons (Fsp3) is 0. The van der Waals surface area contributed by atoms with Crippen molar-refractivity contribution in [1.29, 1.82) is 0 Å². The van der Waals surface area contributed by atoms with Crippen LogP contribution in [0.2, 0.25) is 15.1 Å². The van der Waals surface area contributed by atoms with E-state index in [1.54, 1.807) is 24.3 Å². The predicted octanol–water partition coefficient (Wildman–Crippen LogP) is 5.14. The third-order valence-electron chi connectivity index (χ3n) is 2.04. The van der Waals surface area contributed by atoms with Crippen molar-refractivity contribution in [3.63, 3.8) is 0 Å². The Hall–Kier alpha value is -1.09. The lowest BCUT2D eigenvalue weighted by Crippen LogP contribution is -1.85. The van der Waals surface area contributed by atoms with Crippen LogP contribution in [0.4, 0.5) is 0 Å². The predicted molar refractivity (Wildman–Crippen MR) is 69.7 cm³/mol. The van der Waals surface area contributed by atoms with Crippen LogP contribution < -0.4 is 4.74 Å². The van der Waals surface area contributed by atoms with E-state index in [1.807, 2.05) is 0 Å². The smallest absolute Gasteiger partial charge is 0.170 e. The molecule has 0 fully saturated rings. The number of ether oxygens (including phenoxy) is 1. The minimum Gasteiger partial charge on any atom is -0.504 e. The lowest BCUT2D eigenvalue weighted by atomic mass is 10.3. The van der Waals surface area contributed by atoms with E-state index in [1.165, 1.54) is 12.1 Å². The molecule has 0 saturated carbocycles. The van der Waals surface area contributed by atoms with Crippen LogP contribution in [0.15, 0.2) is 36.4 Å². The van der Waals surface area contributed by atoms with Gasteiger partial charge in [-0.2, -0.15) is 0 Å². The van der Waals surface area contributed by atoms with Gasteiger partial charge in [0.1, 0.15) is 5.75 Å². The van der Waals surface area contributed by atoms with Gasteiger partial charge in [-0.1, -0.05) is 34.8 Å². The summed E-state index contributed by atoms with van der Waals surface area (Å²) in [5, 5.41) is 10.8. The lowest BCUT2D eigenvalue weighted by molar-refractivity contribution is 0.411. The number of rotatable bonds is 2. The van der Waals surface area contributed by atoms with Gasteiger partial charge in [0.25, 0.3) is 0 Å². The molecule has 0 heterocycles. The molecule has 2 aromatic rings. The molecule has 2 rings (SSSR count). The Morgan fingerprint density at radius 3 is 2.12 bits per heavy atom. The van der Waals surface area contributed by atoms with Crippen LogP contribution in [0.5, 0.6) is 17.2 Å². The Morgan fingerprint density at radius 2 is 1.47 bits per heavy atom. The van der Waals surface area contributed by atoms with Crippen LogP contribution in [-0.4, -0.2) is 5.11 Å². The van der Waals surface area contributed by atoms with Crippen molar-refractivity contribution in [3.8, 4) is 17.2 Å². The zero-order valence-electron chi connectivity index (χ0n) is 8.45. The first-order chi connectivity index (χ1) is 8.06.